The second kappa shape index (κ2) is 7.39. The number of nitrogens with two attached hydrogens (primary N) is 1. The smallest absolute Gasteiger partial charge is 0.237 e. The van der Waals surface area contributed by atoms with Gasteiger partial charge in [-0.25, -0.2) is 0 Å². The number of rotatable bonds is 10. The maximum absolute atomic E-state index is 11.5. The quantitative estimate of drug-likeness (QED) is 0.601. The molecule has 1 aliphatic rings. The van der Waals surface area contributed by atoms with Gasteiger partial charge in [0.05, 0.1) is 5.54 Å². The average molecular weight is 272 g/mol. The van der Waals surface area contributed by atoms with E-state index >= 15 is 0 Å². The highest BCUT2D eigenvalue weighted by Crippen LogP contribution is 2.25. The van der Waals surface area contributed by atoms with Gasteiger partial charge in [0, 0.05) is 6.04 Å². The first-order chi connectivity index (χ1) is 8.44. The van der Waals surface area contributed by atoms with Crippen molar-refractivity contribution in [3.63, 3.8) is 0 Å². The van der Waals surface area contributed by atoms with Crippen LogP contribution in [0.15, 0.2) is 0 Å². The van der Waals surface area contributed by atoms with Crippen molar-refractivity contribution in [2.45, 2.75) is 64.5 Å². The molecule has 0 saturated heterocycles. The number of carbonyl (C=O) groups is 1. The Balaban J connectivity index is 2.15. The third-order valence-electron chi connectivity index (χ3n) is 3.31. The van der Waals surface area contributed by atoms with Gasteiger partial charge in [-0.05, 0) is 50.0 Å². The van der Waals surface area contributed by atoms with Gasteiger partial charge in [0.2, 0.25) is 5.91 Å². The first kappa shape index (κ1) is 15.8. The van der Waals surface area contributed by atoms with Gasteiger partial charge < -0.3 is 11.1 Å². The lowest BCUT2D eigenvalue weighted by Crippen LogP contribution is -2.53. The number of carbonyl (C=O) groups excluding carboxylic acids is 1. The van der Waals surface area contributed by atoms with Crippen molar-refractivity contribution in [1.29, 1.82) is 0 Å². The Hall–Kier alpha value is -0.220. The summed E-state index contributed by atoms with van der Waals surface area (Å²) in [5.41, 5.74) is 5.02. The summed E-state index contributed by atoms with van der Waals surface area (Å²) in [6.45, 7) is 6.45. The fraction of sp³-hybridized carbons (Fsp3) is 0.929. The molecule has 0 aliphatic heterocycles. The van der Waals surface area contributed by atoms with E-state index in [9.17, 15) is 4.79 Å². The molecule has 4 heteroatoms. The molecule has 0 aromatic carbocycles. The Morgan fingerprint density at radius 3 is 2.61 bits per heavy atom. The van der Waals surface area contributed by atoms with E-state index in [4.69, 9.17) is 5.73 Å². The molecule has 3 nitrogen and oxygen atoms in total. The van der Waals surface area contributed by atoms with Crippen molar-refractivity contribution in [3.05, 3.63) is 0 Å². The SMILES string of the molecule is CC(C)CSCCCCC(C)(NC1CC1)C(N)=O. The molecule has 1 unspecified atom stereocenters. The predicted molar refractivity (Wildman–Crippen MR) is 79.8 cm³/mol. The van der Waals surface area contributed by atoms with E-state index < -0.39 is 5.54 Å². The largest absolute Gasteiger partial charge is 0.368 e. The van der Waals surface area contributed by atoms with Crippen LogP contribution < -0.4 is 11.1 Å². The molecule has 0 aromatic heterocycles. The Bertz CT molecular complexity index is 267. The Labute approximate surface area is 116 Å². The Morgan fingerprint density at radius 1 is 1.44 bits per heavy atom. The molecule has 1 amide bonds. The van der Waals surface area contributed by atoms with Crippen LogP contribution in [0.3, 0.4) is 0 Å². The van der Waals surface area contributed by atoms with Crippen molar-refractivity contribution in [2.24, 2.45) is 11.7 Å². The zero-order valence-corrected chi connectivity index (χ0v) is 12.8. The summed E-state index contributed by atoms with van der Waals surface area (Å²) in [4.78, 5) is 11.5. The lowest BCUT2D eigenvalue weighted by atomic mass is 9.94. The van der Waals surface area contributed by atoms with Gasteiger partial charge in [-0.1, -0.05) is 20.3 Å². The molecule has 0 spiro atoms. The summed E-state index contributed by atoms with van der Waals surface area (Å²) in [6.07, 6.45) is 5.48. The fourth-order valence-corrected chi connectivity index (χ4v) is 2.99. The second-order valence-corrected chi connectivity index (χ2v) is 7.19. The fourth-order valence-electron chi connectivity index (χ4n) is 1.95. The van der Waals surface area contributed by atoms with Crippen molar-refractivity contribution in [1.82, 2.24) is 5.32 Å². The minimum absolute atomic E-state index is 0.204. The van der Waals surface area contributed by atoms with Gasteiger partial charge in [-0.2, -0.15) is 11.8 Å². The van der Waals surface area contributed by atoms with E-state index in [1.54, 1.807) is 0 Å². The summed E-state index contributed by atoms with van der Waals surface area (Å²) in [7, 11) is 0. The molecule has 1 rings (SSSR count). The van der Waals surface area contributed by atoms with Gasteiger partial charge in [-0.15, -0.1) is 0 Å². The molecule has 1 atom stereocenters. The highest BCUT2D eigenvalue weighted by atomic mass is 32.2. The van der Waals surface area contributed by atoms with E-state index in [2.05, 4.69) is 19.2 Å². The molecule has 0 bridgehead atoms. The van der Waals surface area contributed by atoms with Crippen LogP contribution in [0.25, 0.3) is 0 Å². The summed E-state index contributed by atoms with van der Waals surface area (Å²) in [5, 5.41) is 3.39. The van der Waals surface area contributed by atoms with Gasteiger partial charge >= 0.3 is 0 Å². The number of unbranched alkanes of at least 4 members (excludes halogenated alkanes) is 1. The number of hydrogen-bond acceptors (Lipinski definition) is 3. The molecular formula is C14H28N2OS. The summed E-state index contributed by atoms with van der Waals surface area (Å²) in [5.74, 6) is 2.98. The monoisotopic (exact) mass is 272 g/mol. The molecule has 0 aromatic rings. The van der Waals surface area contributed by atoms with Crippen molar-refractivity contribution < 1.29 is 4.79 Å². The summed E-state index contributed by atoms with van der Waals surface area (Å²) in [6, 6.07) is 0.526. The highest BCUT2D eigenvalue weighted by Gasteiger charge is 2.36. The van der Waals surface area contributed by atoms with Gasteiger partial charge in [0.25, 0.3) is 0 Å². The van der Waals surface area contributed by atoms with Crippen LogP contribution in [0.1, 0.15) is 52.9 Å². The van der Waals surface area contributed by atoms with Crippen LogP contribution in [0, 0.1) is 5.92 Å². The van der Waals surface area contributed by atoms with Gasteiger partial charge in [0.15, 0.2) is 0 Å². The van der Waals surface area contributed by atoms with E-state index in [0.717, 1.165) is 18.8 Å². The van der Waals surface area contributed by atoms with Crippen LogP contribution >= 0.6 is 11.8 Å². The van der Waals surface area contributed by atoms with Crippen LogP contribution in [0.4, 0.5) is 0 Å². The minimum Gasteiger partial charge on any atom is -0.368 e. The third-order valence-corrected chi connectivity index (χ3v) is 4.79. The Kier molecular flexibility index (Phi) is 6.50. The maximum atomic E-state index is 11.5. The van der Waals surface area contributed by atoms with E-state index in [0.29, 0.717) is 6.04 Å². The summed E-state index contributed by atoms with van der Waals surface area (Å²) >= 11 is 2.01. The number of thioether (sulfide) groups is 1. The van der Waals surface area contributed by atoms with Crippen molar-refractivity contribution in [3.8, 4) is 0 Å². The molecule has 0 heterocycles. The summed E-state index contributed by atoms with van der Waals surface area (Å²) < 4.78 is 0. The molecule has 1 fully saturated rings. The highest BCUT2D eigenvalue weighted by molar-refractivity contribution is 7.99. The molecular weight excluding hydrogens is 244 g/mol. The normalized spacial score (nSPS) is 18.9. The molecule has 106 valence electrons. The lowest BCUT2D eigenvalue weighted by molar-refractivity contribution is -0.124. The molecule has 18 heavy (non-hydrogen) atoms. The standard InChI is InChI=1S/C14H28N2OS/c1-11(2)10-18-9-5-4-8-14(3,13(15)17)16-12-6-7-12/h11-12,16H,4-10H2,1-3H3,(H2,15,17). The maximum Gasteiger partial charge on any atom is 0.237 e. The van der Waals surface area contributed by atoms with Crippen molar-refractivity contribution in [2.75, 3.05) is 11.5 Å². The van der Waals surface area contributed by atoms with Gasteiger partial charge in [0.1, 0.15) is 0 Å². The first-order valence-electron chi connectivity index (χ1n) is 7.09. The third kappa shape index (κ3) is 6.10. The number of hydrogen-bond donors (Lipinski definition) is 2. The lowest BCUT2D eigenvalue weighted by Gasteiger charge is -2.27. The topological polar surface area (TPSA) is 55.1 Å². The van der Waals surface area contributed by atoms with Crippen LogP contribution in [-0.4, -0.2) is 29.0 Å². The van der Waals surface area contributed by atoms with Gasteiger partial charge in [-0.3, -0.25) is 4.79 Å². The zero-order valence-electron chi connectivity index (χ0n) is 12.0. The van der Waals surface area contributed by atoms with Crippen molar-refractivity contribution >= 4 is 17.7 Å². The second-order valence-electron chi connectivity index (χ2n) is 6.04. The molecule has 1 aliphatic carbocycles. The van der Waals surface area contributed by atoms with E-state index in [-0.39, 0.29) is 5.91 Å². The molecule has 1 saturated carbocycles. The van der Waals surface area contributed by atoms with Crippen LogP contribution in [-0.2, 0) is 4.79 Å². The van der Waals surface area contributed by atoms with Crippen LogP contribution in [0.2, 0.25) is 0 Å². The average Bonchev–Trinajstić information content (AvgIpc) is 3.06. The Morgan fingerprint density at radius 2 is 2.11 bits per heavy atom. The number of nitrogens with one attached hydrogen (secondary N) is 1. The molecule has 0 radical (unpaired) electrons. The van der Waals surface area contributed by atoms with Crippen LogP contribution in [0.5, 0.6) is 0 Å². The van der Waals surface area contributed by atoms with E-state index in [1.165, 1.54) is 30.8 Å². The molecule has 3 N–H and O–H groups in total. The number of primary amides is 1. The van der Waals surface area contributed by atoms with E-state index in [1.807, 2.05) is 18.7 Å². The zero-order chi connectivity index (χ0) is 13.6. The predicted octanol–water partition coefficient (Wildman–Crippen LogP) is 2.54. The first-order valence-corrected chi connectivity index (χ1v) is 8.25. The number of amides is 1. The minimum atomic E-state index is -0.496.